The van der Waals surface area contributed by atoms with E-state index in [2.05, 4.69) is 5.32 Å². The summed E-state index contributed by atoms with van der Waals surface area (Å²) in [4.78, 5) is 10.9. The van der Waals surface area contributed by atoms with Crippen LogP contribution < -0.4 is 15.8 Å². The lowest BCUT2D eigenvalue weighted by Gasteiger charge is -2.39. The zero-order valence-electron chi connectivity index (χ0n) is 17.6. The third kappa shape index (κ3) is 4.95. The first-order chi connectivity index (χ1) is 15.9. The van der Waals surface area contributed by atoms with E-state index in [1.165, 1.54) is 0 Å². The Hall–Kier alpha value is -3.15. The molecule has 0 saturated carbocycles. The summed E-state index contributed by atoms with van der Waals surface area (Å²) in [5.74, 6) is 0.376. The Morgan fingerprint density at radius 3 is 2.48 bits per heavy atom. The highest BCUT2D eigenvalue weighted by molar-refractivity contribution is 5.88. The minimum Gasteiger partial charge on any atom is -0.464 e. The predicted octanol–water partition coefficient (Wildman–Crippen LogP) is 0.887. The summed E-state index contributed by atoms with van der Waals surface area (Å²) in [5.41, 5.74) is 8.21. The van der Waals surface area contributed by atoms with Gasteiger partial charge in [-0.2, -0.15) is 0 Å². The highest BCUT2D eigenvalue weighted by Crippen LogP contribution is 2.34. The molecule has 7 N–H and O–H groups in total. The summed E-state index contributed by atoms with van der Waals surface area (Å²) in [6.07, 6.45) is -3.94. The number of hydrogen-bond acceptors (Lipinski definition) is 8. The van der Waals surface area contributed by atoms with Crippen molar-refractivity contribution in [2.75, 3.05) is 11.9 Å². The number of carbonyl (C=O) groups excluding carboxylic acids is 1. The van der Waals surface area contributed by atoms with Crippen molar-refractivity contribution in [3.63, 3.8) is 0 Å². The molecule has 0 spiro atoms. The number of furan rings is 1. The van der Waals surface area contributed by atoms with Crippen LogP contribution in [0.15, 0.2) is 53.1 Å². The number of fused-ring (bicyclic) bond motifs is 1. The minimum atomic E-state index is -1.53. The molecule has 1 aliphatic rings. The Kier molecular flexibility index (Phi) is 6.82. The van der Waals surface area contributed by atoms with Crippen molar-refractivity contribution >= 4 is 22.7 Å². The van der Waals surface area contributed by atoms with E-state index in [4.69, 9.17) is 19.6 Å². The largest absolute Gasteiger partial charge is 0.464 e. The van der Waals surface area contributed by atoms with E-state index >= 15 is 0 Å². The summed E-state index contributed by atoms with van der Waals surface area (Å²) in [6, 6.07) is 11.9. The number of ether oxygens (including phenoxy) is 2. The molecule has 2 amide bonds. The maximum atomic E-state index is 10.9. The van der Waals surface area contributed by atoms with Crippen LogP contribution >= 0.6 is 0 Å². The van der Waals surface area contributed by atoms with E-state index in [1.54, 1.807) is 36.6 Å². The van der Waals surface area contributed by atoms with Crippen LogP contribution in [0.25, 0.3) is 11.0 Å². The van der Waals surface area contributed by atoms with Crippen LogP contribution in [0.2, 0.25) is 0 Å². The number of amides is 2. The average molecular weight is 458 g/mol. The fourth-order valence-electron chi connectivity index (χ4n) is 3.87. The van der Waals surface area contributed by atoms with Crippen LogP contribution in [0.3, 0.4) is 0 Å². The van der Waals surface area contributed by atoms with Gasteiger partial charge in [-0.3, -0.25) is 0 Å². The van der Waals surface area contributed by atoms with Crippen LogP contribution in [0.4, 0.5) is 10.5 Å². The lowest BCUT2D eigenvalue weighted by Crippen LogP contribution is -2.60. The second-order valence-electron chi connectivity index (χ2n) is 7.89. The first kappa shape index (κ1) is 23.0. The van der Waals surface area contributed by atoms with Gasteiger partial charge in [0.1, 0.15) is 35.7 Å². The Labute approximate surface area is 189 Å². The molecule has 33 heavy (non-hydrogen) atoms. The van der Waals surface area contributed by atoms with E-state index in [9.17, 15) is 25.2 Å². The van der Waals surface area contributed by atoms with Gasteiger partial charge in [-0.25, -0.2) is 4.79 Å². The topological polar surface area (TPSA) is 168 Å². The molecule has 0 unspecified atom stereocenters. The van der Waals surface area contributed by atoms with E-state index < -0.39 is 43.3 Å². The molecule has 2 aromatic carbocycles. The smallest absolute Gasteiger partial charge is 0.316 e. The maximum Gasteiger partial charge on any atom is 0.316 e. The normalized spacial score (nSPS) is 25.2. The van der Waals surface area contributed by atoms with Gasteiger partial charge in [0, 0.05) is 11.3 Å². The Bertz CT molecular complexity index is 1100. The number of hydrogen-bond donors (Lipinski definition) is 6. The standard InChI is InChI=1S/C23H26N2O8/c24-23(30)25-14-8-5-12(6-9-14)4-7-13-11-31-15-2-1-3-16(18(13)15)32-22-21(29)20(28)19(27)17(10-26)33-22/h1-3,5-6,8-9,11,17,19-22,26-29H,4,7,10H2,(H3,24,25,30)/t17-,19-,20+,21-,22-/m1/s1. The molecule has 10 heteroatoms. The number of carbonyl (C=O) groups is 1. The van der Waals surface area contributed by atoms with Crippen molar-refractivity contribution in [1.29, 1.82) is 0 Å². The van der Waals surface area contributed by atoms with E-state index in [0.29, 0.717) is 35.2 Å². The lowest BCUT2D eigenvalue weighted by atomic mass is 9.99. The van der Waals surface area contributed by atoms with Crippen molar-refractivity contribution < 1.29 is 39.1 Å². The third-order valence-electron chi connectivity index (χ3n) is 5.63. The fraction of sp³-hybridized carbons (Fsp3) is 0.348. The van der Waals surface area contributed by atoms with Crippen molar-refractivity contribution in [3.05, 3.63) is 59.9 Å². The molecule has 10 nitrogen and oxygen atoms in total. The quantitative estimate of drug-likeness (QED) is 0.303. The molecule has 3 aromatic rings. The Balaban J connectivity index is 1.52. The van der Waals surface area contributed by atoms with Crippen LogP contribution in [0.1, 0.15) is 11.1 Å². The number of benzene rings is 2. The molecule has 0 aliphatic carbocycles. The highest BCUT2D eigenvalue weighted by Gasteiger charge is 2.44. The molecule has 0 radical (unpaired) electrons. The minimum absolute atomic E-state index is 0.376. The predicted molar refractivity (Wildman–Crippen MR) is 118 cm³/mol. The van der Waals surface area contributed by atoms with E-state index in [0.717, 1.165) is 11.1 Å². The van der Waals surface area contributed by atoms with Crippen LogP contribution in [0.5, 0.6) is 5.75 Å². The van der Waals surface area contributed by atoms with Gasteiger partial charge in [0.2, 0.25) is 6.29 Å². The SMILES string of the molecule is NC(=O)Nc1ccc(CCc2coc3cccc(O[C@@H]4O[C@H](CO)[C@@H](O)[C@H](O)[C@H]4O)c23)cc1. The number of aliphatic hydroxyl groups excluding tert-OH is 4. The molecular weight excluding hydrogens is 432 g/mol. The summed E-state index contributed by atoms with van der Waals surface area (Å²) < 4.78 is 17.0. The Morgan fingerprint density at radius 1 is 1.03 bits per heavy atom. The van der Waals surface area contributed by atoms with Gasteiger partial charge in [0.25, 0.3) is 0 Å². The van der Waals surface area contributed by atoms with Crippen LogP contribution in [0, 0.1) is 0 Å². The first-order valence-corrected chi connectivity index (χ1v) is 10.5. The number of aliphatic hydroxyl groups is 4. The van der Waals surface area contributed by atoms with Crippen LogP contribution in [-0.4, -0.2) is 63.8 Å². The summed E-state index contributed by atoms with van der Waals surface area (Å²) >= 11 is 0. The monoisotopic (exact) mass is 458 g/mol. The second-order valence-corrected chi connectivity index (χ2v) is 7.89. The summed E-state index contributed by atoms with van der Waals surface area (Å²) in [6.45, 7) is -0.542. The number of primary amides is 1. The zero-order valence-corrected chi connectivity index (χ0v) is 17.6. The van der Waals surface area contributed by atoms with Gasteiger partial charge >= 0.3 is 6.03 Å². The van der Waals surface area contributed by atoms with Crippen molar-refractivity contribution in [1.82, 2.24) is 0 Å². The number of aryl methyl sites for hydroxylation is 2. The van der Waals surface area contributed by atoms with Gasteiger partial charge in [-0.15, -0.1) is 0 Å². The molecule has 2 heterocycles. The van der Waals surface area contributed by atoms with Crippen molar-refractivity contribution in [2.24, 2.45) is 5.73 Å². The van der Waals surface area contributed by atoms with Gasteiger partial charge in [-0.05, 0) is 42.7 Å². The Morgan fingerprint density at radius 2 is 1.79 bits per heavy atom. The maximum absolute atomic E-state index is 10.9. The number of rotatable bonds is 7. The van der Waals surface area contributed by atoms with Crippen LogP contribution in [-0.2, 0) is 17.6 Å². The summed E-state index contributed by atoms with van der Waals surface area (Å²) in [5, 5.41) is 42.9. The number of nitrogens with two attached hydrogens (primary N) is 1. The van der Waals surface area contributed by atoms with Crippen molar-refractivity contribution in [3.8, 4) is 5.75 Å². The average Bonchev–Trinajstić information content (AvgIpc) is 3.22. The van der Waals surface area contributed by atoms with Gasteiger partial charge < -0.3 is 45.4 Å². The van der Waals surface area contributed by atoms with Gasteiger partial charge in [-0.1, -0.05) is 18.2 Å². The van der Waals surface area contributed by atoms with E-state index in [1.807, 2.05) is 12.1 Å². The molecule has 1 aromatic heterocycles. The molecule has 5 atom stereocenters. The molecule has 0 bridgehead atoms. The third-order valence-corrected chi connectivity index (χ3v) is 5.63. The lowest BCUT2D eigenvalue weighted by molar-refractivity contribution is -0.277. The second kappa shape index (κ2) is 9.77. The number of nitrogens with one attached hydrogen (secondary N) is 1. The number of urea groups is 1. The number of anilines is 1. The van der Waals surface area contributed by atoms with Gasteiger partial charge in [0.15, 0.2) is 0 Å². The highest BCUT2D eigenvalue weighted by atomic mass is 16.7. The van der Waals surface area contributed by atoms with Gasteiger partial charge in [0.05, 0.1) is 18.3 Å². The first-order valence-electron chi connectivity index (χ1n) is 10.5. The molecule has 1 aliphatic heterocycles. The zero-order chi connectivity index (χ0) is 23.5. The molecule has 1 saturated heterocycles. The van der Waals surface area contributed by atoms with Crippen molar-refractivity contribution in [2.45, 2.75) is 43.5 Å². The molecule has 1 fully saturated rings. The fourth-order valence-corrected chi connectivity index (χ4v) is 3.87. The molecule has 4 rings (SSSR count). The molecular formula is C23H26N2O8. The molecule has 176 valence electrons. The van der Waals surface area contributed by atoms with E-state index in [-0.39, 0.29) is 0 Å². The summed E-state index contributed by atoms with van der Waals surface area (Å²) in [7, 11) is 0.